The van der Waals surface area contributed by atoms with Gasteiger partial charge in [-0.25, -0.2) is 4.79 Å². The SMILES string of the molecule is CCCNCC(=O)NC1(C(=O)O)CCOC1. The van der Waals surface area contributed by atoms with Gasteiger partial charge in [0.15, 0.2) is 5.54 Å². The molecule has 1 fully saturated rings. The highest BCUT2D eigenvalue weighted by atomic mass is 16.5. The third-order valence-corrected chi connectivity index (χ3v) is 2.52. The van der Waals surface area contributed by atoms with Crippen LogP contribution in [-0.4, -0.2) is 48.8 Å². The first-order valence-electron chi connectivity index (χ1n) is 5.43. The number of carbonyl (C=O) groups is 2. The molecule has 0 saturated carbocycles. The second-order valence-corrected chi connectivity index (χ2v) is 3.91. The van der Waals surface area contributed by atoms with Gasteiger partial charge in [0.2, 0.25) is 5.91 Å². The number of ether oxygens (including phenoxy) is 1. The number of amides is 1. The Morgan fingerprint density at radius 1 is 1.50 bits per heavy atom. The molecule has 0 bridgehead atoms. The van der Waals surface area contributed by atoms with Crippen molar-refractivity contribution >= 4 is 11.9 Å². The first-order chi connectivity index (χ1) is 7.60. The Bertz CT molecular complexity index is 262. The zero-order valence-corrected chi connectivity index (χ0v) is 9.41. The summed E-state index contributed by atoms with van der Waals surface area (Å²) in [6.45, 7) is 3.29. The summed E-state index contributed by atoms with van der Waals surface area (Å²) in [5.41, 5.74) is -1.23. The molecule has 1 unspecified atom stereocenters. The molecule has 1 rings (SSSR count). The van der Waals surface area contributed by atoms with Crippen LogP contribution in [0.3, 0.4) is 0 Å². The zero-order valence-electron chi connectivity index (χ0n) is 9.41. The van der Waals surface area contributed by atoms with Crippen LogP contribution in [0.1, 0.15) is 19.8 Å². The van der Waals surface area contributed by atoms with Crippen LogP contribution in [-0.2, 0) is 14.3 Å². The van der Waals surface area contributed by atoms with Crippen LogP contribution in [0.2, 0.25) is 0 Å². The maximum absolute atomic E-state index is 11.5. The summed E-state index contributed by atoms with van der Waals surface area (Å²) in [7, 11) is 0. The quantitative estimate of drug-likeness (QED) is 0.528. The van der Waals surface area contributed by atoms with E-state index < -0.39 is 11.5 Å². The van der Waals surface area contributed by atoms with Crippen LogP contribution in [0, 0.1) is 0 Å². The van der Waals surface area contributed by atoms with Gasteiger partial charge in [0.05, 0.1) is 13.2 Å². The van der Waals surface area contributed by atoms with Crippen LogP contribution >= 0.6 is 0 Å². The van der Waals surface area contributed by atoms with Crippen molar-refractivity contribution in [3.63, 3.8) is 0 Å². The largest absolute Gasteiger partial charge is 0.479 e. The van der Waals surface area contributed by atoms with Crippen molar-refractivity contribution in [2.45, 2.75) is 25.3 Å². The van der Waals surface area contributed by atoms with E-state index in [4.69, 9.17) is 9.84 Å². The molecule has 1 heterocycles. The fourth-order valence-corrected chi connectivity index (χ4v) is 1.58. The van der Waals surface area contributed by atoms with Gasteiger partial charge in [-0.15, -0.1) is 0 Å². The van der Waals surface area contributed by atoms with Gasteiger partial charge in [0.25, 0.3) is 0 Å². The fraction of sp³-hybridized carbons (Fsp3) is 0.800. The van der Waals surface area contributed by atoms with E-state index in [2.05, 4.69) is 10.6 Å². The molecular formula is C10H18N2O4. The number of carboxylic acids is 1. The summed E-state index contributed by atoms with van der Waals surface area (Å²) >= 11 is 0. The predicted molar refractivity (Wildman–Crippen MR) is 57.1 cm³/mol. The van der Waals surface area contributed by atoms with Crippen LogP contribution < -0.4 is 10.6 Å². The number of carbonyl (C=O) groups excluding carboxylic acids is 1. The molecule has 1 saturated heterocycles. The number of hydrogen-bond acceptors (Lipinski definition) is 4. The standard InChI is InChI=1S/C10H18N2O4/c1-2-4-11-6-8(13)12-10(9(14)15)3-5-16-7-10/h11H,2-7H2,1H3,(H,12,13)(H,14,15). The molecule has 6 heteroatoms. The van der Waals surface area contributed by atoms with Gasteiger partial charge in [0, 0.05) is 13.0 Å². The number of aliphatic carboxylic acids is 1. The molecule has 6 nitrogen and oxygen atoms in total. The highest BCUT2D eigenvalue weighted by Gasteiger charge is 2.43. The molecule has 0 aromatic heterocycles. The number of hydrogen-bond donors (Lipinski definition) is 3. The summed E-state index contributed by atoms with van der Waals surface area (Å²) in [5, 5.41) is 14.5. The Hall–Kier alpha value is -1.14. The van der Waals surface area contributed by atoms with Crippen molar-refractivity contribution in [2.75, 3.05) is 26.3 Å². The molecule has 0 aromatic carbocycles. The zero-order chi connectivity index (χ0) is 12.0. The smallest absolute Gasteiger partial charge is 0.331 e. The predicted octanol–water partition coefficient (Wildman–Crippen LogP) is -0.654. The monoisotopic (exact) mass is 230 g/mol. The first-order valence-corrected chi connectivity index (χ1v) is 5.43. The normalized spacial score (nSPS) is 24.3. The van der Waals surface area contributed by atoms with Gasteiger partial charge < -0.3 is 20.5 Å². The van der Waals surface area contributed by atoms with E-state index >= 15 is 0 Å². The molecule has 3 N–H and O–H groups in total. The van der Waals surface area contributed by atoms with Crippen molar-refractivity contribution < 1.29 is 19.4 Å². The van der Waals surface area contributed by atoms with E-state index in [1.165, 1.54) is 0 Å². The van der Waals surface area contributed by atoms with E-state index in [9.17, 15) is 9.59 Å². The Morgan fingerprint density at radius 3 is 2.75 bits per heavy atom. The third-order valence-electron chi connectivity index (χ3n) is 2.52. The van der Waals surface area contributed by atoms with Crippen molar-refractivity contribution in [2.24, 2.45) is 0 Å². The van der Waals surface area contributed by atoms with Gasteiger partial charge in [-0.1, -0.05) is 6.92 Å². The molecule has 16 heavy (non-hydrogen) atoms. The summed E-state index contributed by atoms with van der Waals surface area (Å²) in [4.78, 5) is 22.6. The van der Waals surface area contributed by atoms with E-state index in [1.54, 1.807) is 0 Å². The third kappa shape index (κ3) is 3.18. The number of carboxylic acid groups (broad SMARTS) is 1. The molecule has 1 amide bonds. The molecule has 92 valence electrons. The Morgan fingerprint density at radius 2 is 2.25 bits per heavy atom. The summed E-state index contributed by atoms with van der Waals surface area (Å²) in [6.07, 6.45) is 1.25. The van der Waals surface area contributed by atoms with Crippen LogP contribution in [0.4, 0.5) is 0 Å². The lowest BCUT2D eigenvalue weighted by Gasteiger charge is -2.23. The minimum atomic E-state index is -1.23. The van der Waals surface area contributed by atoms with Gasteiger partial charge in [0.1, 0.15) is 0 Å². The van der Waals surface area contributed by atoms with Crippen LogP contribution in [0.5, 0.6) is 0 Å². The van der Waals surface area contributed by atoms with E-state index in [0.717, 1.165) is 13.0 Å². The van der Waals surface area contributed by atoms with Crippen LogP contribution in [0.15, 0.2) is 0 Å². The average molecular weight is 230 g/mol. The van der Waals surface area contributed by atoms with Crippen molar-refractivity contribution in [3.8, 4) is 0 Å². The first kappa shape index (κ1) is 12.9. The highest BCUT2D eigenvalue weighted by Crippen LogP contribution is 2.18. The Balaban J connectivity index is 2.43. The Labute approximate surface area is 94.3 Å². The lowest BCUT2D eigenvalue weighted by Crippen LogP contribution is -2.56. The molecule has 0 radical (unpaired) electrons. The molecular weight excluding hydrogens is 212 g/mol. The molecule has 1 atom stereocenters. The second kappa shape index (κ2) is 5.81. The van der Waals surface area contributed by atoms with E-state index in [-0.39, 0.29) is 19.1 Å². The lowest BCUT2D eigenvalue weighted by atomic mass is 9.99. The topological polar surface area (TPSA) is 87.7 Å². The lowest BCUT2D eigenvalue weighted by molar-refractivity contribution is -0.147. The molecule has 1 aliphatic rings. The number of nitrogens with one attached hydrogen (secondary N) is 2. The molecule has 0 aliphatic carbocycles. The molecule has 0 aromatic rings. The van der Waals surface area contributed by atoms with E-state index in [1.807, 2.05) is 6.92 Å². The maximum atomic E-state index is 11.5. The van der Waals surface area contributed by atoms with Crippen molar-refractivity contribution in [1.29, 1.82) is 0 Å². The molecule has 1 aliphatic heterocycles. The summed E-state index contributed by atoms with van der Waals surface area (Å²) in [6, 6.07) is 0. The molecule has 0 spiro atoms. The van der Waals surface area contributed by atoms with Gasteiger partial charge in [-0.3, -0.25) is 4.79 Å². The van der Waals surface area contributed by atoms with E-state index in [0.29, 0.717) is 13.0 Å². The van der Waals surface area contributed by atoms with Gasteiger partial charge in [-0.05, 0) is 13.0 Å². The van der Waals surface area contributed by atoms with Gasteiger partial charge in [-0.2, -0.15) is 0 Å². The summed E-state index contributed by atoms with van der Waals surface area (Å²) in [5.74, 6) is -1.34. The number of rotatable bonds is 6. The average Bonchev–Trinajstić information content (AvgIpc) is 2.68. The van der Waals surface area contributed by atoms with Crippen molar-refractivity contribution in [1.82, 2.24) is 10.6 Å². The Kier molecular flexibility index (Phi) is 4.70. The van der Waals surface area contributed by atoms with Gasteiger partial charge >= 0.3 is 5.97 Å². The summed E-state index contributed by atoms with van der Waals surface area (Å²) < 4.78 is 5.03. The second-order valence-electron chi connectivity index (χ2n) is 3.91. The minimum absolute atomic E-state index is 0.0435. The maximum Gasteiger partial charge on any atom is 0.331 e. The van der Waals surface area contributed by atoms with Crippen molar-refractivity contribution in [3.05, 3.63) is 0 Å². The minimum Gasteiger partial charge on any atom is -0.479 e. The highest BCUT2D eigenvalue weighted by molar-refractivity contribution is 5.88. The van der Waals surface area contributed by atoms with Crippen LogP contribution in [0.25, 0.3) is 0 Å². The fourth-order valence-electron chi connectivity index (χ4n) is 1.58.